The summed E-state index contributed by atoms with van der Waals surface area (Å²) >= 11 is 0. The van der Waals surface area contributed by atoms with Gasteiger partial charge in [0.05, 0.1) is 5.92 Å². The van der Waals surface area contributed by atoms with Crippen LogP contribution in [0.2, 0.25) is 0 Å². The Morgan fingerprint density at radius 1 is 1.36 bits per heavy atom. The van der Waals surface area contributed by atoms with Gasteiger partial charge in [0.25, 0.3) is 0 Å². The van der Waals surface area contributed by atoms with E-state index in [1.54, 1.807) is 18.2 Å². The lowest BCUT2D eigenvalue weighted by atomic mass is 9.99. The third-order valence-electron chi connectivity index (χ3n) is 4.38. The highest BCUT2D eigenvalue weighted by Crippen LogP contribution is 2.26. The fourth-order valence-electron chi connectivity index (χ4n) is 2.88. The molecule has 1 unspecified atom stereocenters. The monoisotopic (exact) mass is 307 g/mol. The van der Waals surface area contributed by atoms with E-state index in [0.29, 0.717) is 37.7 Å². The van der Waals surface area contributed by atoms with Gasteiger partial charge in [-0.3, -0.25) is 9.59 Å². The predicted molar refractivity (Wildman–Crippen MR) is 80.8 cm³/mol. The van der Waals surface area contributed by atoms with Crippen LogP contribution >= 0.6 is 0 Å². The fraction of sp³-hybridized carbons (Fsp3) is 0.529. The number of aliphatic carboxylic acids is 1. The summed E-state index contributed by atoms with van der Waals surface area (Å²) in [6.07, 6.45) is 2.92. The smallest absolute Gasteiger partial charge is 0.306 e. The maximum absolute atomic E-state index is 13.5. The molecule has 2 N–H and O–H groups in total. The van der Waals surface area contributed by atoms with Crippen molar-refractivity contribution in [3.8, 4) is 0 Å². The van der Waals surface area contributed by atoms with Gasteiger partial charge in [0.15, 0.2) is 0 Å². The Kier molecular flexibility index (Phi) is 5.52. The van der Waals surface area contributed by atoms with Gasteiger partial charge in [-0.15, -0.1) is 0 Å². The number of hydrogen-bond donors (Lipinski definition) is 2. The van der Waals surface area contributed by atoms with Crippen molar-refractivity contribution in [3.63, 3.8) is 0 Å². The molecule has 5 heteroatoms. The van der Waals surface area contributed by atoms with Gasteiger partial charge in [-0.25, -0.2) is 4.39 Å². The minimum absolute atomic E-state index is 0.0514. The molecular formula is C17H22FNO3. The van der Waals surface area contributed by atoms with E-state index in [1.165, 1.54) is 6.07 Å². The Balaban J connectivity index is 1.78. The Bertz CT molecular complexity index is 546. The van der Waals surface area contributed by atoms with Gasteiger partial charge < -0.3 is 10.4 Å². The van der Waals surface area contributed by atoms with Crippen LogP contribution in [0.15, 0.2) is 24.3 Å². The van der Waals surface area contributed by atoms with Crippen LogP contribution in [0.4, 0.5) is 4.39 Å². The van der Waals surface area contributed by atoms with Crippen molar-refractivity contribution in [2.24, 2.45) is 11.8 Å². The lowest BCUT2D eigenvalue weighted by molar-refractivity contribution is -0.141. The number of benzene rings is 1. The summed E-state index contributed by atoms with van der Waals surface area (Å²) in [6, 6.07) is 6.53. The van der Waals surface area contributed by atoms with Gasteiger partial charge in [0.1, 0.15) is 5.82 Å². The average Bonchev–Trinajstić information content (AvgIpc) is 2.94. The second-order valence-corrected chi connectivity index (χ2v) is 6.08. The normalized spacial score (nSPS) is 22.3. The number of aryl methyl sites for hydroxylation is 1. The first-order valence-corrected chi connectivity index (χ1v) is 7.74. The first-order chi connectivity index (χ1) is 10.5. The molecule has 0 aromatic heterocycles. The van der Waals surface area contributed by atoms with Crippen molar-refractivity contribution in [3.05, 3.63) is 35.6 Å². The molecule has 1 aromatic carbocycles. The van der Waals surface area contributed by atoms with Crippen molar-refractivity contribution in [2.75, 3.05) is 0 Å². The molecule has 1 saturated carbocycles. The number of hydrogen-bond acceptors (Lipinski definition) is 2. The fourth-order valence-corrected chi connectivity index (χ4v) is 2.88. The van der Waals surface area contributed by atoms with E-state index in [9.17, 15) is 14.0 Å². The van der Waals surface area contributed by atoms with Gasteiger partial charge in [-0.2, -0.15) is 0 Å². The van der Waals surface area contributed by atoms with Gasteiger partial charge >= 0.3 is 5.97 Å². The van der Waals surface area contributed by atoms with E-state index in [-0.39, 0.29) is 29.6 Å². The molecule has 0 radical (unpaired) electrons. The third kappa shape index (κ3) is 4.29. The average molecular weight is 307 g/mol. The molecule has 120 valence electrons. The summed E-state index contributed by atoms with van der Waals surface area (Å²) in [7, 11) is 0. The number of nitrogens with one attached hydrogen (secondary N) is 1. The third-order valence-corrected chi connectivity index (χ3v) is 4.38. The summed E-state index contributed by atoms with van der Waals surface area (Å²) in [5.41, 5.74) is 0.619. The molecule has 0 heterocycles. The van der Waals surface area contributed by atoms with Crippen LogP contribution in [0, 0.1) is 17.7 Å². The van der Waals surface area contributed by atoms with Crippen molar-refractivity contribution in [2.45, 2.75) is 45.1 Å². The molecule has 0 aliphatic heterocycles. The van der Waals surface area contributed by atoms with Gasteiger partial charge in [0.2, 0.25) is 5.91 Å². The van der Waals surface area contributed by atoms with E-state index in [1.807, 2.05) is 6.92 Å². The zero-order valence-corrected chi connectivity index (χ0v) is 12.7. The molecule has 0 bridgehead atoms. The Labute approximate surface area is 129 Å². The summed E-state index contributed by atoms with van der Waals surface area (Å²) < 4.78 is 13.5. The summed E-state index contributed by atoms with van der Waals surface area (Å²) in [5, 5.41) is 11.9. The number of carboxylic acids is 1. The molecule has 3 atom stereocenters. The topological polar surface area (TPSA) is 66.4 Å². The maximum atomic E-state index is 13.5. The number of halogens is 1. The van der Waals surface area contributed by atoms with Crippen molar-refractivity contribution < 1.29 is 19.1 Å². The zero-order chi connectivity index (χ0) is 16.1. The first kappa shape index (κ1) is 16.5. The van der Waals surface area contributed by atoms with Crippen LogP contribution in [0.25, 0.3) is 0 Å². The van der Waals surface area contributed by atoms with Gasteiger partial charge in [0, 0.05) is 12.0 Å². The summed E-state index contributed by atoms with van der Waals surface area (Å²) in [6.45, 7) is 1.82. The number of rotatable bonds is 6. The minimum Gasteiger partial charge on any atom is -0.481 e. The minimum atomic E-state index is -0.788. The van der Waals surface area contributed by atoms with Gasteiger partial charge in [-0.1, -0.05) is 25.1 Å². The van der Waals surface area contributed by atoms with E-state index < -0.39 is 5.97 Å². The molecule has 1 aliphatic carbocycles. The zero-order valence-electron chi connectivity index (χ0n) is 12.7. The summed E-state index contributed by atoms with van der Waals surface area (Å²) in [5.74, 6) is -1.67. The molecule has 1 amide bonds. The standard InChI is InChI=1S/C17H22FNO3/c1-11(6-7-12-4-2-3-5-15(12)18)16(20)19-14-9-8-13(10-14)17(21)22/h2-5,11,13-14H,6-10H2,1H3,(H,19,20)(H,21,22)/t11?,13-,14+/m1/s1. The van der Waals surface area contributed by atoms with E-state index in [2.05, 4.69) is 5.32 Å². The van der Waals surface area contributed by atoms with Crippen LogP contribution in [-0.4, -0.2) is 23.0 Å². The van der Waals surface area contributed by atoms with E-state index in [4.69, 9.17) is 5.11 Å². The van der Waals surface area contributed by atoms with Gasteiger partial charge in [-0.05, 0) is 43.7 Å². The molecule has 2 rings (SSSR count). The van der Waals surface area contributed by atoms with Crippen LogP contribution in [0.3, 0.4) is 0 Å². The largest absolute Gasteiger partial charge is 0.481 e. The maximum Gasteiger partial charge on any atom is 0.306 e. The predicted octanol–water partition coefficient (Wildman–Crippen LogP) is 2.76. The van der Waals surface area contributed by atoms with Crippen LogP contribution in [-0.2, 0) is 16.0 Å². The van der Waals surface area contributed by atoms with Crippen molar-refractivity contribution in [1.29, 1.82) is 0 Å². The van der Waals surface area contributed by atoms with Crippen molar-refractivity contribution in [1.82, 2.24) is 5.32 Å². The lowest BCUT2D eigenvalue weighted by Crippen LogP contribution is -2.37. The lowest BCUT2D eigenvalue weighted by Gasteiger charge is -2.17. The molecular weight excluding hydrogens is 285 g/mol. The summed E-state index contributed by atoms with van der Waals surface area (Å²) in [4.78, 5) is 23.0. The van der Waals surface area contributed by atoms with Crippen LogP contribution in [0.5, 0.6) is 0 Å². The number of carbonyl (C=O) groups is 2. The number of carbonyl (C=O) groups excluding carboxylic acids is 1. The molecule has 0 spiro atoms. The van der Waals surface area contributed by atoms with Crippen LogP contribution in [0.1, 0.15) is 38.2 Å². The number of carboxylic acid groups (broad SMARTS) is 1. The van der Waals surface area contributed by atoms with Crippen molar-refractivity contribution >= 4 is 11.9 Å². The van der Waals surface area contributed by atoms with Crippen LogP contribution < -0.4 is 5.32 Å². The van der Waals surface area contributed by atoms with E-state index in [0.717, 1.165) is 0 Å². The molecule has 22 heavy (non-hydrogen) atoms. The molecule has 1 aromatic rings. The molecule has 4 nitrogen and oxygen atoms in total. The highest BCUT2D eigenvalue weighted by Gasteiger charge is 2.31. The first-order valence-electron chi connectivity index (χ1n) is 7.74. The quantitative estimate of drug-likeness (QED) is 0.849. The molecule has 0 saturated heterocycles. The SMILES string of the molecule is CC(CCc1ccccc1F)C(=O)N[C@H]1CC[C@@H](C(=O)O)C1. The number of amides is 1. The highest BCUT2D eigenvalue weighted by molar-refractivity contribution is 5.79. The Morgan fingerprint density at radius 3 is 2.73 bits per heavy atom. The Hall–Kier alpha value is -1.91. The second-order valence-electron chi connectivity index (χ2n) is 6.08. The van der Waals surface area contributed by atoms with E-state index >= 15 is 0 Å². The second kappa shape index (κ2) is 7.38. The Morgan fingerprint density at radius 2 is 2.09 bits per heavy atom. The molecule has 1 fully saturated rings. The molecule has 1 aliphatic rings. The highest BCUT2D eigenvalue weighted by atomic mass is 19.1.